The molecule has 6 heteroatoms. The first kappa shape index (κ1) is 14.7. The number of carbonyl (C=O) groups excluding carboxylic acids is 1. The lowest BCUT2D eigenvalue weighted by Crippen LogP contribution is -2.47. The Kier molecular flexibility index (Phi) is 7.28. The van der Waals surface area contributed by atoms with Crippen molar-refractivity contribution < 1.29 is 19.4 Å². The number of amides is 2. The van der Waals surface area contributed by atoms with Gasteiger partial charge >= 0.3 is 12.0 Å². The van der Waals surface area contributed by atoms with Crippen molar-refractivity contribution in [1.82, 2.24) is 10.2 Å². The minimum absolute atomic E-state index is 0.129. The van der Waals surface area contributed by atoms with Crippen LogP contribution in [0.5, 0.6) is 0 Å². The number of nitrogens with one attached hydrogen (secondary N) is 1. The monoisotopic (exact) mass is 232 g/mol. The number of urea groups is 1. The Balaban J connectivity index is 4.04. The zero-order valence-corrected chi connectivity index (χ0v) is 10.0. The van der Waals surface area contributed by atoms with Crippen LogP contribution in [0, 0.1) is 0 Å². The Bertz CT molecular complexity index is 233. The van der Waals surface area contributed by atoms with Gasteiger partial charge in [-0.05, 0) is 20.8 Å². The topological polar surface area (TPSA) is 78.9 Å². The Labute approximate surface area is 95.6 Å². The van der Waals surface area contributed by atoms with Crippen molar-refractivity contribution in [1.29, 1.82) is 0 Å². The summed E-state index contributed by atoms with van der Waals surface area (Å²) < 4.78 is 5.14. The van der Waals surface area contributed by atoms with Crippen LogP contribution in [0.2, 0.25) is 0 Å². The van der Waals surface area contributed by atoms with E-state index in [1.807, 2.05) is 13.8 Å². The van der Waals surface area contributed by atoms with Gasteiger partial charge in [-0.25, -0.2) is 4.79 Å². The smallest absolute Gasteiger partial charge is 0.323 e. The van der Waals surface area contributed by atoms with Crippen LogP contribution in [0.25, 0.3) is 0 Å². The highest BCUT2D eigenvalue weighted by atomic mass is 16.5. The third kappa shape index (κ3) is 6.23. The minimum atomic E-state index is -1.02. The third-order valence-electron chi connectivity index (χ3n) is 1.94. The number of hydrogen-bond donors (Lipinski definition) is 2. The lowest BCUT2D eigenvalue weighted by molar-refractivity contribution is -0.137. The summed E-state index contributed by atoms with van der Waals surface area (Å²) in [5.41, 5.74) is 0. The molecule has 1 atom stereocenters. The van der Waals surface area contributed by atoms with Crippen molar-refractivity contribution in [3.63, 3.8) is 0 Å². The summed E-state index contributed by atoms with van der Waals surface area (Å²) in [7, 11) is 0. The normalized spacial score (nSPS) is 11.9. The molecule has 0 aromatic heterocycles. The molecule has 0 aliphatic heterocycles. The Morgan fingerprint density at radius 1 is 1.44 bits per heavy atom. The largest absolute Gasteiger partial charge is 0.480 e. The predicted octanol–water partition coefficient (Wildman–Crippen LogP) is 0.527. The van der Waals surface area contributed by atoms with Crippen LogP contribution in [-0.2, 0) is 9.53 Å². The van der Waals surface area contributed by atoms with Crippen LogP contribution in [0.15, 0.2) is 0 Å². The van der Waals surface area contributed by atoms with Gasteiger partial charge in [-0.15, -0.1) is 0 Å². The molecule has 2 amide bonds. The van der Waals surface area contributed by atoms with E-state index < -0.39 is 5.97 Å². The number of carboxylic acids is 1. The number of hydrogen-bond acceptors (Lipinski definition) is 3. The van der Waals surface area contributed by atoms with Crippen LogP contribution in [-0.4, -0.2) is 54.4 Å². The van der Waals surface area contributed by atoms with Gasteiger partial charge in [0.2, 0.25) is 0 Å². The van der Waals surface area contributed by atoms with Crippen molar-refractivity contribution in [2.75, 3.05) is 26.3 Å². The summed E-state index contributed by atoms with van der Waals surface area (Å²) in [6.07, 6.45) is 0. The molecule has 0 aromatic rings. The van der Waals surface area contributed by atoms with E-state index in [9.17, 15) is 9.59 Å². The molecule has 0 spiro atoms. The zero-order valence-electron chi connectivity index (χ0n) is 10.0. The second-order valence-corrected chi connectivity index (χ2v) is 3.42. The van der Waals surface area contributed by atoms with Crippen molar-refractivity contribution in [3.8, 4) is 0 Å². The molecule has 94 valence electrons. The van der Waals surface area contributed by atoms with E-state index in [0.29, 0.717) is 19.8 Å². The number of rotatable bonds is 7. The molecule has 0 radical (unpaired) electrons. The maximum atomic E-state index is 11.6. The summed E-state index contributed by atoms with van der Waals surface area (Å²) in [6, 6.07) is -0.507. The van der Waals surface area contributed by atoms with Crippen LogP contribution >= 0.6 is 0 Å². The van der Waals surface area contributed by atoms with E-state index in [-0.39, 0.29) is 18.6 Å². The molecule has 0 fully saturated rings. The van der Waals surface area contributed by atoms with Crippen LogP contribution in [0.4, 0.5) is 4.79 Å². The molecular formula is C10H20N2O4. The van der Waals surface area contributed by atoms with E-state index in [1.54, 1.807) is 6.92 Å². The van der Waals surface area contributed by atoms with E-state index in [0.717, 1.165) is 0 Å². The summed E-state index contributed by atoms with van der Waals surface area (Å²) in [4.78, 5) is 23.3. The van der Waals surface area contributed by atoms with Crippen molar-refractivity contribution in [2.24, 2.45) is 0 Å². The molecule has 0 aliphatic rings. The Morgan fingerprint density at radius 3 is 2.50 bits per heavy atom. The molecular weight excluding hydrogens is 212 g/mol. The molecule has 0 aliphatic carbocycles. The van der Waals surface area contributed by atoms with Crippen LogP contribution < -0.4 is 5.32 Å². The molecule has 0 heterocycles. The second-order valence-electron chi connectivity index (χ2n) is 3.42. The first-order valence-electron chi connectivity index (χ1n) is 5.36. The van der Waals surface area contributed by atoms with Gasteiger partial charge in [-0.1, -0.05) is 0 Å². The number of ether oxygens (including phenoxy) is 1. The van der Waals surface area contributed by atoms with E-state index in [2.05, 4.69) is 5.32 Å². The number of carboxylic acid groups (broad SMARTS) is 1. The Hall–Kier alpha value is -1.30. The number of likely N-dealkylation sites (N-methyl/N-ethyl adjacent to an activating group) is 1. The fourth-order valence-electron chi connectivity index (χ4n) is 1.13. The maximum absolute atomic E-state index is 11.6. The number of carbonyl (C=O) groups is 2. The molecule has 6 nitrogen and oxygen atoms in total. The summed E-state index contributed by atoms with van der Waals surface area (Å²) in [6.45, 7) is 6.50. The van der Waals surface area contributed by atoms with E-state index in [1.165, 1.54) is 4.90 Å². The third-order valence-corrected chi connectivity index (χ3v) is 1.94. The van der Waals surface area contributed by atoms with Gasteiger partial charge in [-0.2, -0.15) is 0 Å². The number of aliphatic carboxylic acids is 1. The highest BCUT2D eigenvalue weighted by Gasteiger charge is 2.16. The molecule has 1 unspecified atom stereocenters. The number of nitrogens with zero attached hydrogens (tertiary/aromatic N) is 1. The minimum Gasteiger partial charge on any atom is -0.480 e. The highest BCUT2D eigenvalue weighted by Crippen LogP contribution is 1.92. The highest BCUT2D eigenvalue weighted by molar-refractivity contribution is 5.80. The molecule has 0 saturated heterocycles. The van der Waals surface area contributed by atoms with Crippen molar-refractivity contribution in [3.05, 3.63) is 0 Å². The van der Waals surface area contributed by atoms with Crippen molar-refractivity contribution >= 4 is 12.0 Å². The summed E-state index contributed by atoms with van der Waals surface area (Å²) >= 11 is 0. The van der Waals surface area contributed by atoms with Gasteiger partial charge in [0.1, 0.15) is 6.54 Å². The Morgan fingerprint density at radius 2 is 2.06 bits per heavy atom. The van der Waals surface area contributed by atoms with Gasteiger partial charge in [0.25, 0.3) is 0 Å². The predicted molar refractivity (Wildman–Crippen MR) is 59.4 cm³/mol. The first-order chi connectivity index (χ1) is 7.51. The van der Waals surface area contributed by atoms with Gasteiger partial charge in [0, 0.05) is 13.2 Å². The summed E-state index contributed by atoms with van der Waals surface area (Å²) in [5, 5.41) is 11.3. The molecule has 2 N–H and O–H groups in total. The molecule has 0 bridgehead atoms. The van der Waals surface area contributed by atoms with Gasteiger partial charge in [0.05, 0.1) is 12.6 Å². The fraction of sp³-hybridized carbons (Fsp3) is 0.800. The maximum Gasteiger partial charge on any atom is 0.323 e. The van der Waals surface area contributed by atoms with Crippen LogP contribution in [0.3, 0.4) is 0 Å². The quantitative estimate of drug-likeness (QED) is 0.671. The van der Waals surface area contributed by atoms with E-state index >= 15 is 0 Å². The fourth-order valence-corrected chi connectivity index (χ4v) is 1.13. The lowest BCUT2D eigenvalue weighted by Gasteiger charge is -2.22. The van der Waals surface area contributed by atoms with Gasteiger partial charge in [-0.3, -0.25) is 4.79 Å². The SMILES string of the molecule is CCOCC(C)NC(=O)N(CC)CC(=O)O. The zero-order chi connectivity index (χ0) is 12.6. The van der Waals surface area contributed by atoms with Gasteiger partial charge < -0.3 is 20.1 Å². The van der Waals surface area contributed by atoms with Crippen LogP contribution in [0.1, 0.15) is 20.8 Å². The molecule has 0 aromatic carbocycles. The summed E-state index contributed by atoms with van der Waals surface area (Å²) in [5.74, 6) is -1.02. The average Bonchev–Trinajstić information content (AvgIpc) is 2.22. The molecule has 16 heavy (non-hydrogen) atoms. The van der Waals surface area contributed by atoms with Gasteiger partial charge in [0.15, 0.2) is 0 Å². The lowest BCUT2D eigenvalue weighted by atomic mass is 10.3. The first-order valence-corrected chi connectivity index (χ1v) is 5.36. The molecule has 0 rings (SSSR count). The molecule has 0 saturated carbocycles. The van der Waals surface area contributed by atoms with Crippen molar-refractivity contribution in [2.45, 2.75) is 26.8 Å². The standard InChI is InChI=1S/C10H20N2O4/c1-4-12(6-9(13)14)10(15)11-8(3)7-16-5-2/h8H,4-7H2,1-3H3,(H,11,15)(H,13,14). The van der Waals surface area contributed by atoms with E-state index in [4.69, 9.17) is 9.84 Å². The average molecular weight is 232 g/mol. The second kappa shape index (κ2) is 7.92.